The Balaban J connectivity index is 1.69. The van der Waals surface area contributed by atoms with Crippen LogP contribution in [0.5, 0.6) is 0 Å². The van der Waals surface area contributed by atoms with Gasteiger partial charge in [0.2, 0.25) is 0 Å². The van der Waals surface area contributed by atoms with Crippen molar-refractivity contribution in [3.05, 3.63) is 77.9 Å². The van der Waals surface area contributed by atoms with Gasteiger partial charge in [-0.25, -0.2) is 4.98 Å². The largest absolute Gasteiger partial charge is 0.321 e. The van der Waals surface area contributed by atoms with Crippen LogP contribution in [0.15, 0.2) is 66.7 Å². The van der Waals surface area contributed by atoms with Crippen LogP contribution in [0.1, 0.15) is 15.9 Å². The fourth-order valence-electron chi connectivity index (χ4n) is 2.79. The number of thiazole rings is 1. The van der Waals surface area contributed by atoms with Crippen LogP contribution >= 0.6 is 33.2 Å². The molecule has 0 saturated carbocycles. The van der Waals surface area contributed by atoms with Gasteiger partial charge in [-0.1, -0.05) is 30.3 Å². The molecule has 0 bridgehead atoms. The van der Waals surface area contributed by atoms with Crippen LogP contribution in [-0.2, 0) is 5.75 Å². The van der Waals surface area contributed by atoms with Crippen molar-refractivity contribution in [1.29, 1.82) is 0 Å². The molecule has 0 saturated heterocycles. The molecule has 27 heavy (non-hydrogen) atoms. The summed E-state index contributed by atoms with van der Waals surface area (Å²) < 4.78 is 1.13. The fraction of sp³-hybridized carbons (Fsp3) is 0.0476. The first-order valence-corrected chi connectivity index (χ1v) is 10.4. The van der Waals surface area contributed by atoms with Crippen LogP contribution in [0.2, 0.25) is 0 Å². The average Bonchev–Trinajstić information content (AvgIpc) is 3.13. The van der Waals surface area contributed by atoms with Gasteiger partial charge in [0.05, 0.1) is 15.9 Å². The summed E-state index contributed by atoms with van der Waals surface area (Å²) in [6.07, 6.45) is 0. The summed E-state index contributed by atoms with van der Waals surface area (Å²) >= 11 is 5.87. The van der Waals surface area contributed by atoms with Gasteiger partial charge >= 0.3 is 0 Å². The predicted molar refractivity (Wildman–Crippen MR) is 121 cm³/mol. The Morgan fingerprint density at radius 3 is 2.59 bits per heavy atom. The van der Waals surface area contributed by atoms with Crippen LogP contribution in [0.25, 0.3) is 20.8 Å². The summed E-state index contributed by atoms with van der Waals surface area (Å²) in [4.78, 5) is 17.4. The average molecular weight is 408 g/mol. The van der Waals surface area contributed by atoms with Crippen LogP contribution in [0.3, 0.4) is 0 Å². The molecule has 0 aliphatic heterocycles. The molecule has 1 atom stereocenters. The molecule has 1 unspecified atom stereocenters. The van der Waals surface area contributed by atoms with Gasteiger partial charge in [0.1, 0.15) is 5.01 Å². The molecule has 0 spiro atoms. The summed E-state index contributed by atoms with van der Waals surface area (Å²) in [7, 11) is 2.70. The van der Waals surface area contributed by atoms with E-state index < -0.39 is 0 Å². The van der Waals surface area contributed by atoms with E-state index in [1.54, 1.807) is 11.3 Å². The van der Waals surface area contributed by atoms with Crippen LogP contribution in [-0.4, -0.2) is 10.9 Å². The second kappa shape index (κ2) is 7.81. The maximum atomic E-state index is 12.7. The van der Waals surface area contributed by atoms with Crippen molar-refractivity contribution in [3.8, 4) is 10.6 Å². The van der Waals surface area contributed by atoms with Crippen molar-refractivity contribution in [2.45, 2.75) is 5.75 Å². The lowest BCUT2D eigenvalue weighted by molar-refractivity contribution is 0.102. The van der Waals surface area contributed by atoms with E-state index in [4.69, 9.17) is 4.98 Å². The smallest absolute Gasteiger partial charge is 0.255 e. The van der Waals surface area contributed by atoms with Gasteiger partial charge in [-0.05, 0) is 47.3 Å². The number of para-hydroxylation sites is 1. The summed E-state index contributed by atoms with van der Waals surface area (Å²) in [5.41, 5.74) is 4.34. The summed E-state index contributed by atoms with van der Waals surface area (Å²) in [6.45, 7) is 0. The highest BCUT2D eigenvalue weighted by atomic mass is 32.1. The minimum Gasteiger partial charge on any atom is -0.321 e. The van der Waals surface area contributed by atoms with Gasteiger partial charge < -0.3 is 5.32 Å². The number of amides is 1. The summed E-state index contributed by atoms with van der Waals surface area (Å²) in [5, 5.41) is 4.97. The van der Waals surface area contributed by atoms with Crippen molar-refractivity contribution >= 4 is 60.3 Å². The van der Waals surface area contributed by atoms with Crippen molar-refractivity contribution in [3.63, 3.8) is 0 Å². The van der Waals surface area contributed by atoms with E-state index in [1.165, 1.54) is 0 Å². The molecule has 0 aliphatic rings. The second-order valence-corrected chi connectivity index (χ2v) is 8.11. The number of fused-ring (bicyclic) bond motifs is 1. The van der Waals surface area contributed by atoms with Crippen LogP contribution in [0, 0.1) is 0 Å². The first kappa shape index (κ1) is 18.2. The van der Waals surface area contributed by atoms with Crippen LogP contribution < -0.4 is 10.6 Å². The highest BCUT2D eigenvalue weighted by molar-refractivity contribution is 7.79. The Morgan fingerprint density at radius 1 is 1.07 bits per heavy atom. The molecule has 1 aromatic heterocycles. The number of nitrogens with zero attached hydrogens (tertiary/aromatic N) is 1. The van der Waals surface area contributed by atoms with Gasteiger partial charge in [-0.2, -0.15) is 12.6 Å². The van der Waals surface area contributed by atoms with Gasteiger partial charge in [0.15, 0.2) is 0 Å². The van der Waals surface area contributed by atoms with E-state index in [9.17, 15) is 4.79 Å². The minimum absolute atomic E-state index is 0.139. The molecule has 0 fully saturated rings. The molecule has 134 valence electrons. The zero-order chi connectivity index (χ0) is 18.8. The molecule has 4 aromatic rings. The number of carbonyl (C=O) groups is 1. The molecule has 1 heterocycles. The topological polar surface area (TPSA) is 42.0 Å². The van der Waals surface area contributed by atoms with Gasteiger partial charge in [-0.3, -0.25) is 4.79 Å². The van der Waals surface area contributed by atoms with Crippen LogP contribution in [0.4, 0.5) is 5.69 Å². The molecule has 0 radical (unpaired) electrons. The van der Waals surface area contributed by atoms with E-state index in [-0.39, 0.29) is 5.91 Å². The normalized spacial score (nSPS) is 10.9. The molecular formula is C21H17N2OPS2. The maximum Gasteiger partial charge on any atom is 0.255 e. The van der Waals surface area contributed by atoms with Gasteiger partial charge in [0, 0.05) is 16.9 Å². The molecule has 3 aromatic carbocycles. The lowest BCUT2D eigenvalue weighted by atomic mass is 10.1. The summed E-state index contributed by atoms with van der Waals surface area (Å²) in [6, 6.07) is 21.4. The Bertz CT molecular complexity index is 1090. The Kier molecular flexibility index (Phi) is 5.26. The highest BCUT2D eigenvalue weighted by Gasteiger charge is 2.14. The van der Waals surface area contributed by atoms with Crippen molar-refractivity contribution in [2.24, 2.45) is 0 Å². The molecular weight excluding hydrogens is 391 g/mol. The van der Waals surface area contributed by atoms with Crippen molar-refractivity contribution < 1.29 is 4.79 Å². The Morgan fingerprint density at radius 2 is 1.85 bits per heavy atom. The van der Waals surface area contributed by atoms with Crippen molar-refractivity contribution in [1.82, 2.24) is 4.98 Å². The number of carbonyl (C=O) groups excluding carboxylic acids is 1. The molecule has 1 N–H and O–H groups in total. The first-order chi connectivity index (χ1) is 13.1. The lowest BCUT2D eigenvalue weighted by Crippen LogP contribution is -2.13. The quantitative estimate of drug-likeness (QED) is 0.362. The van der Waals surface area contributed by atoms with E-state index in [2.05, 4.69) is 33.3 Å². The third-order valence-electron chi connectivity index (χ3n) is 4.21. The third kappa shape index (κ3) is 3.91. The standard InChI is InChI=1S/C21H17N2OPS2/c24-20(14-7-5-13(12-26)6-8-14)22-17-10-9-15(25)11-16(17)21-23-18-3-1-2-4-19(18)27-21/h1-11,26H,12,25H2,(H,22,24). The number of benzene rings is 3. The number of hydrogen-bond donors (Lipinski definition) is 2. The molecule has 4 rings (SSSR count). The highest BCUT2D eigenvalue weighted by Crippen LogP contribution is 2.34. The van der Waals surface area contributed by atoms with Gasteiger partial charge in [0.25, 0.3) is 5.91 Å². The Labute approximate surface area is 169 Å². The second-order valence-electron chi connectivity index (χ2n) is 6.10. The van der Waals surface area contributed by atoms with E-state index in [1.807, 2.05) is 60.7 Å². The monoisotopic (exact) mass is 408 g/mol. The minimum atomic E-state index is -0.139. The SMILES string of the molecule is O=C(Nc1ccc(P)cc1-c1nc2ccccc2s1)c1ccc(CS)cc1. The predicted octanol–water partition coefficient (Wildman–Crippen LogP) is 5.15. The molecule has 1 amide bonds. The molecule has 3 nitrogen and oxygen atoms in total. The van der Waals surface area contributed by atoms with E-state index in [0.29, 0.717) is 11.3 Å². The Hall–Kier alpha value is -2.20. The number of anilines is 1. The number of hydrogen-bond acceptors (Lipinski definition) is 4. The first-order valence-electron chi connectivity index (χ1n) is 8.40. The van der Waals surface area contributed by atoms with E-state index >= 15 is 0 Å². The number of nitrogens with one attached hydrogen (secondary N) is 1. The lowest BCUT2D eigenvalue weighted by Gasteiger charge is -2.11. The summed E-state index contributed by atoms with van der Waals surface area (Å²) in [5.74, 6) is 0.513. The maximum absolute atomic E-state index is 12.7. The van der Waals surface area contributed by atoms with Gasteiger partial charge in [-0.15, -0.1) is 20.6 Å². The zero-order valence-corrected chi connectivity index (χ0v) is 17.2. The fourth-order valence-corrected chi connectivity index (χ4v) is 4.26. The number of rotatable bonds is 4. The zero-order valence-electron chi connectivity index (χ0n) is 14.3. The third-order valence-corrected chi connectivity index (χ3v) is 6.01. The number of thiol groups is 1. The van der Waals surface area contributed by atoms with Crippen molar-refractivity contribution in [2.75, 3.05) is 5.32 Å². The molecule has 0 aliphatic carbocycles. The molecule has 6 heteroatoms. The number of aromatic nitrogens is 1. The van der Waals surface area contributed by atoms with E-state index in [0.717, 1.165) is 37.3 Å².